The van der Waals surface area contributed by atoms with Crippen molar-refractivity contribution in [3.05, 3.63) is 12.2 Å². The lowest BCUT2D eigenvalue weighted by molar-refractivity contribution is -0.0980. The lowest BCUT2D eigenvalue weighted by atomic mass is 9.64. The summed E-state index contributed by atoms with van der Waals surface area (Å²) in [6.07, 6.45) is 3.02. The monoisotopic (exact) mass is 224 g/mol. The smallest absolute Gasteiger partial charge is 0.140 e. The Balaban J connectivity index is 1.87. The van der Waals surface area contributed by atoms with Crippen molar-refractivity contribution in [1.82, 2.24) is 20.1 Å². The number of nitrogens with one attached hydrogen (secondary N) is 1. The van der Waals surface area contributed by atoms with Crippen LogP contribution in [0.25, 0.3) is 0 Å². The van der Waals surface area contributed by atoms with Gasteiger partial charge in [0, 0.05) is 25.6 Å². The molecule has 1 heterocycles. The van der Waals surface area contributed by atoms with E-state index in [0.717, 1.165) is 18.8 Å². The number of methoxy groups -OCH3 is 1. The van der Waals surface area contributed by atoms with Crippen molar-refractivity contribution >= 4 is 0 Å². The minimum atomic E-state index is 0.202. The Hall–Kier alpha value is -0.940. The van der Waals surface area contributed by atoms with Crippen LogP contribution in [0, 0.1) is 5.41 Å². The molecule has 0 amide bonds. The summed E-state index contributed by atoms with van der Waals surface area (Å²) in [4.78, 5) is 4.19. The van der Waals surface area contributed by atoms with Gasteiger partial charge in [-0.15, -0.1) is 0 Å². The summed E-state index contributed by atoms with van der Waals surface area (Å²) in [6, 6.07) is 0.495. The molecule has 1 aromatic heterocycles. The molecule has 1 N–H and O–H groups in total. The van der Waals surface area contributed by atoms with Crippen LogP contribution < -0.4 is 5.32 Å². The molecule has 2 rings (SSSR count). The molecule has 0 spiro atoms. The summed E-state index contributed by atoms with van der Waals surface area (Å²) in [5, 5.41) is 7.56. The number of rotatable bonds is 4. The van der Waals surface area contributed by atoms with Crippen molar-refractivity contribution in [3.8, 4) is 0 Å². The van der Waals surface area contributed by atoms with Gasteiger partial charge in [0.05, 0.1) is 12.6 Å². The van der Waals surface area contributed by atoms with Gasteiger partial charge < -0.3 is 10.1 Å². The van der Waals surface area contributed by atoms with E-state index in [0.29, 0.717) is 12.1 Å². The zero-order valence-electron chi connectivity index (χ0n) is 10.4. The number of nitrogens with zero attached hydrogens (tertiary/aromatic N) is 3. The Bertz CT molecular complexity index is 361. The van der Waals surface area contributed by atoms with E-state index in [1.807, 2.05) is 7.05 Å². The summed E-state index contributed by atoms with van der Waals surface area (Å²) >= 11 is 0. The predicted molar refractivity (Wildman–Crippen MR) is 60.8 cm³/mol. The van der Waals surface area contributed by atoms with E-state index in [9.17, 15) is 0 Å². The zero-order chi connectivity index (χ0) is 11.8. The van der Waals surface area contributed by atoms with Gasteiger partial charge >= 0.3 is 0 Å². The molecule has 1 fully saturated rings. The third kappa shape index (κ3) is 1.85. The van der Waals surface area contributed by atoms with E-state index in [4.69, 9.17) is 4.74 Å². The Kier molecular flexibility index (Phi) is 2.99. The number of hydrogen-bond acceptors (Lipinski definition) is 4. The van der Waals surface area contributed by atoms with Gasteiger partial charge in [-0.05, 0) is 6.42 Å². The van der Waals surface area contributed by atoms with E-state index in [1.165, 1.54) is 0 Å². The highest BCUT2D eigenvalue weighted by Gasteiger charge is 2.48. The zero-order valence-corrected chi connectivity index (χ0v) is 10.4. The first-order valence-corrected chi connectivity index (χ1v) is 5.64. The molecule has 1 saturated carbocycles. The third-order valence-corrected chi connectivity index (χ3v) is 3.77. The van der Waals surface area contributed by atoms with Gasteiger partial charge in [-0.1, -0.05) is 13.8 Å². The van der Waals surface area contributed by atoms with Gasteiger partial charge in [0.2, 0.25) is 0 Å². The molecule has 0 bridgehead atoms. The average Bonchev–Trinajstić information content (AvgIpc) is 2.63. The molecule has 0 saturated heterocycles. The first kappa shape index (κ1) is 11.5. The molecule has 1 aromatic rings. The lowest BCUT2D eigenvalue weighted by Gasteiger charge is -2.51. The van der Waals surface area contributed by atoms with Crippen molar-refractivity contribution in [1.29, 1.82) is 0 Å². The van der Waals surface area contributed by atoms with E-state index in [2.05, 4.69) is 29.2 Å². The molecule has 5 nitrogen and oxygen atoms in total. The molecule has 16 heavy (non-hydrogen) atoms. The third-order valence-electron chi connectivity index (χ3n) is 3.77. The lowest BCUT2D eigenvalue weighted by Crippen LogP contribution is -2.60. The first-order chi connectivity index (χ1) is 7.55. The van der Waals surface area contributed by atoms with Crippen molar-refractivity contribution in [2.24, 2.45) is 12.5 Å². The number of hydrogen-bond donors (Lipinski definition) is 1. The number of aromatic nitrogens is 3. The van der Waals surface area contributed by atoms with Crippen LogP contribution >= 0.6 is 0 Å². The van der Waals surface area contributed by atoms with Crippen LogP contribution in [0.5, 0.6) is 0 Å². The highest BCUT2D eigenvalue weighted by Crippen LogP contribution is 2.42. The largest absolute Gasteiger partial charge is 0.381 e. The molecule has 1 aliphatic rings. The topological polar surface area (TPSA) is 52.0 Å². The standard InChI is InChI=1S/C11H20N4O/c1-11(2)8(5-9(11)16-4)12-6-10-13-7-14-15(10)3/h7-9,12H,5-6H2,1-4H3. The second-order valence-corrected chi connectivity index (χ2v) is 5.01. The summed E-state index contributed by atoms with van der Waals surface area (Å²) < 4.78 is 7.22. The summed E-state index contributed by atoms with van der Waals surface area (Å²) in [7, 11) is 3.69. The summed E-state index contributed by atoms with van der Waals surface area (Å²) in [5.74, 6) is 0.969. The fourth-order valence-electron chi connectivity index (χ4n) is 2.33. The predicted octanol–water partition coefficient (Wildman–Crippen LogP) is 0.718. The quantitative estimate of drug-likeness (QED) is 0.818. The highest BCUT2D eigenvalue weighted by atomic mass is 16.5. The summed E-state index contributed by atoms with van der Waals surface area (Å²) in [5.41, 5.74) is 0.202. The van der Waals surface area contributed by atoms with Crippen molar-refractivity contribution in [2.75, 3.05) is 7.11 Å². The maximum Gasteiger partial charge on any atom is 0.140 e. The van der Waals surface area contributed by atoms with Gasteiger partial charge in [-0.25, -0.2) is 4.98 Å². The Labute approximate surface area is 96.2 Å². The average molecular weight is 224 g/mol. The van der Waals surface area contributed by atoms with Gasteiger partial charge in [0.25, 0.3) is 0 Å². The fraction of sp³-hybridized carbons (Fsp3) is 0.818. The number of aryl methyl sites for hydroxylation is 1. The second kappa shape index (κ2) is 4.14. The van der Waals surface area contributed by atoms with Crippen LogP contribution in [0.1, 0.15) is 26.1 Å². The van der Waals surface area contributed by atoms with Crippen molar-refractivity contribution in [2.45, 2.75) is 39.0 Å². The molecular formula is C11H20N4O. The van der Waals surface area contributed by atoms with Crippen LogP contribution in [-0.2, 0) is 18.3 Å². The molecule has 90 valence electrons. The molecule has 0 aromatic carbocycles. The van der Waals surface area contributed by atoms with Gasteiger partial charge in [0.1, 0.15) is 12.2 Å². The normalized spacial score (nSPS) is 27.8. The first-order valence-electron chi connectivity index (χ1n) is 5.64. The SMILES string of the molecule is COC1CC(NCc2ncnn2C)C1(C)C. The molecule has 0 radical (unpaired) electrons. The van der Waals surface area contributed by atoms with Gasteiger partial charge in [-0.2, -0.15) is 5.10 Å². The second-order valence-electron chi connectivity index (χ2n) is 5.01. The number of ether oxygens (including phenoxy) is 1. The minimum absolute atomic E-state index is 0.202. The minimum Gasteiger partial charge on any atom is -0.381 e. The molecule has 0 aliphatic heterocycles. The molecular weight excluding hydrogens is 204 g/mol. The van der Waals surface area contributed by atoms with Crippen molar-refractivity contribution in [3.63, 3.8) is 0 Å². The summed E-state index contributed by atoms with van der Waals surface area (Å²) in [6.45, 7) is 5.24. The maximum absolute atomic E-state index is 5.42. The van der Waals surface area contributed by atoms with Crippen LogP contribution in [0.3, 0.4) is 0 Å². The highest BCUT2D eigenvalue weighted by molar-refractivity contribution is 5.03. The molecule has 5 heteroatoms. The Morgan fingerprint density at radius 2 is 2.38 bits per heavy atom. The molecule has 2 unspecified atom stereocenters. The van der Waals surface area contributed by atoms with Gasteiger partial charge in [0.15, 0.2) is 0 Å². The van der Waals surface area contributed by atoms with E-state index in [-0.39, 0.29) is 5.41 Å². The van der Waals surface area contributed by atoms with Crippen LogP contribution in [0.2, 0.25) is 0 Å². The molecule has 1 aliphatic carbocycles. The molecule has 2 atom stereocenters. The van der Waals surface area contributed by atoms with E-state index in [1.54, 1.807) is 18.1 Å². The maximum atomic E-state index is 5.42. The Morgan fingerprint density at radius 1 is 1.62 bits per heavy atom. The van der Waals surface area contributed by atoms with E-state index < -0.39 is 0 Å². The van der Waals surface area contributed by atoms with Crippen molar-refractivity contribution < 1.29 is 4.74 Å². The van der Waals surface area contributed by atoms with Gasteiger partial charge in [-0.3, -0.25) is 4.68 Å². The van der Waals surface area contributed by atoms with Crippen LogP contribution in [0.4, 0.5) is 0 Å². The van der Waals surface area contributed by atoms with E-state index >= 15 is 0 Å². The van der Waals surface area contributed by atoms with Crippen LogP contribution in [-0.4, -0.2) is 34.0 Å². The fourth-order valence-corrected chi connectivity index (χ4v) is 2.33. The van der Waals surface area contributed by atoms with Crippen LogP contribution in [0.15, 0.2) is 6.33 Å². The Morgan fingerprint density at radius 3 is 2.88 bits per heavy atom.